The van der Waals surface area contributed by atoms with Gasteiger partial charge in [-0.3, -0.25) is 9.67 Å². The van der Waals surface area contributed by atoms with Crippen LogP contribution in [0.15, 0.2) is 30.6 Å². The predicted octanol–water partition coefficient (Wildman–Crippen LogP) is 1.78. The number of thioether (sulfide) groups is 1. The van der Waals surface area contributed by atoms with Crippen LogP contribution in [0.5, 0.6) is 0 Å². The summed E-state index contributed by atoms with van der Waals surface area (Å²) < 4.78 is 1.88. The molecule has 16 heavy (non-hydrogen) atoms. The summed E-state index contributed by atoms with van der Waals surface area (Å²) in [6, 6.07) is 5.96. The molecule has 2 aromatic heterocycles. The Morgan fingerprint density at radius 3 is 3.00 bits per heavy atom. The zero-order valence-electron chi connectivity index (χ0n) is 9.21. The number of aromatic nitrogens is 4. The van der Waals surface area contributed by atoms with Crippen LogP contribution in [0.4, 0.5) is 0 Å². The van der Waals surface area contributed by atoms with E-state index in [-0.39, 0.29) is 0 Å². The van der Waals surface area contributed by atoms with Gasteiger partial charge in [0.15, 0.2) is 0 Å². The highest BCUT2D eigenvalue weighted by Crippen LogP contribution is 2.05. The van der Waals surface area contributed by atoms with Crippen LogP contribution in [0, 0.1) is 0 Å². The van der Waals surface area contributed by atoms with Crippen molar-refractivity contribution in [2.24, 2.45) is 0 Å². The van der Waals surface area contributed by atoms with Gasteiger partial charge in [0.2, 0.25) is 0 Å². The number of hydrogen-bond acceptors (Lipinski definition) is 4. The molecule has 2 heterocycles. The first-order chi connectivity index (χ1) is 7.88. The molecule has 0 aliphatic heterocycles. The first-order valence-corrected chi connectivity index (χ1v) is 6.56. The van der Waals surface area contributed by atoms with Crippen molar-refractivity contribution in [3.8, 4) is 0 Å². The molecule has 0 N–H and O–H groups in total. The lowest BCUT2D eigenvalue weighted by molar-refractivity contribution is 0.584. The van der Waals surface area contributed by atoms with E-state index >= 15 is 0 Å². The van der Waals surface area contributed by atoms with E-state index < -0.39 is 0 Å². The summed E-state index contributed by atoms with van der Waals surface area (Å²) in [5, 5.41) is 8.17. The van der Waals surface area contributed by atoms with Crippen LogP contribution >= 0.6 is 11.8 Å². The zero-order chi connectivity index (χ0) is 11.2. The molecule has 2 aromatic rings. The smallest absolute Gasteiger partial charge is 0.0925 e. The van der Waals surface area contributed by atoms with Crippen molar-refractivity contribution in [1.29, 1.82) is 0 Å². The molecule has 0 spiro atoms. The Hall–Kier alpha value is -1.36. The summed E-state index contributed by atoms with van der Waals surface area (Å²) in [7, 11) is 0. The predicted molar refractivity (Wildman–Crippen MR) is 65.2 cm³/mol. The fourth-order valence-electron chi connectivity index (χ4n) is 1.44. The van der Waals surface area contributed by atoms with Crippen LogP contribution in [-0.2, 0) is 18.7 Å². The highest BCUT2D eigenvalue weighted by molar-refractivity contribution is 7.97. The lowest BCUT2D eigenvalue weighted by atomic mass is 10.3. The van der Waals surface area contributed by atoms with E-state index in [1.807, 2.05) is 35.3 Å². The number of rotatable bonds is 5. The largest absolute Gasteiger partial charge is 0.261 e. The molecule has 4 nitrogen and oxygen atoms in total. The Morgan fingerprint density at radius 2 is 2.25 bits per heavy atom. The minimum absolute atomic E-state index is 0.832. The molecule has 0 saturated heterocycles. The third kappa shape index (κ3) is 3.06. The molecule has 2 rings (SSSR count). The summed E-state index contributed by atoms with van der Waals surface area (Å²) in [5.41, 5.74) is 2.12. The van der Waals surface area contributed by atoms with Crippen molar-refractivity contribution in [3.63, 3.8) is 0 Å². The van der Waals surface area contributed by atoms with Crippen LogP contribution in [0.25, 0.3) is 0 Å². The summed E-state index contributed by atoms with van der Waals surface area (Å²) in [6.07, 6.45) is 6.77. The summed E-state index contributed by atoms with van der Waals surface area (Å²) in [4.78, 5) is 4.27. The third-order valence-corrected chi connectivity index (χ3v) is 2.79. The van der Waals surface area contributed by atoms with Crippen LogP contribution in [0.3, 0.4) is 0 Å². The van der Waals surface area contributed by atoms with E-state index in [1.54, 1.807) is 11.8 Å². The molecule has 0 aromatic carbocycles. The van der Waals surface area contributed by atoms with Crippen molar-refractivity contribution in [1.82, 2.24) is 20.0 Å². The van der Waals surface area contributed by atoms with E-state index in [2.05, 4.69) is 21.6 Å². The monoisotopic (exact) mass is 234 g/mol. The molecule has 0 unspecified atom stereocenters. The topological polar surface area (TPSA) is 43.6 Å². The normalized spacial score (nSPS) is 10.6. The fourth-order valence-corrected chi connectivity index (χ4v) is 1.86. The van der Waals surface area contributed by atoms with E-state index in [0.29, 0.717) is 0 Å². The van der Waals surface area contributed by atoms with Gasteiger partial charge in [-0.2, -0.15) is 11.8 Å². The van der Waals surface area contributed by atoms with Crippen LogP contribution in [-0.4, -0.2) is 26.2 Å². The number of nitrogens with zero attached hydrogens (tertiary/aromatic N) is 4. The van der Waals surface area contributed by atoms with Gasteiger partial charge in [-0.15, -0.1) is 5.10 Å². The maximum absolute atomic E-state index is 4.27. The second kappa shape index (κ2) is 5.65. The molecular weight excluding hydrogens is 220 g/mol. The van der Waals surface area contributed by atoms with Gasteiger partial charge in [-0.1, -0.05) is 11.3 Å². The second-order valence-electron chi connectivity index (χ2n) is 3.48. The highest BCUT2D eigenvalue weighted by Gasteiger charge is 2.00. The molecule has 0 atom stereocenters. The number of aryl methyl sites for hydroxylation is 2. The van der Waals surface area contributed by atoms with Gasteiger partial charge in [0, 0.05) is 36.8 Å². The van der Waals surface area contributed by atoms with E-state index in [1.165, 1.54) is 0 Å². The van der Waals surface area contributed by atoms with Crippen LogP contribution in [0.1, 0.15) is 11.4 Å². The Bertz CT molecular complexity index is 427. The van der Waals surface area contributed by atoms with Crippen molar-refractivity contribution < 1.29 is 0 Å². The second-order valence-corrected chi connectivity index (χ2v) is 4.34. The van der Waals surface area contributed by atoms with Crippen LogP contribution in [0.2, 0.25) is 0 Å². The highest BCUT2D eigenvalue weighted by atomic mass is 32.2. The minimum Gasteiger partial charge on any atom is -0.261 e. The molecule has 0 fully saturated rings. The zero-order valence-corrected chi connectivity index (χ0v) is 10.0. The fraction of sp³-hybridized carbons (Fsp3) is 0.364. The Kier molecular flexibility index (Phi) is 3.93. The Morgan fingerprint density at radius 1 is 1.31 bits per heavy atom. The minimum atomic E-state index is 0.832. The van der Waals surface area contributed by atoms with Crippen LogP contribution < -0.4 is 0 Å². The molecular formula is C11H14N4S. The van der Waals surface area contributed by atoms with E-state index in [9.17, 15) is 0 Å². The van der Waals surface area contributed by atoms with Crippen molar-refractivity contribution >= 4 is 11.8 Å². The van der Waals surface area contributed by atoms with E-state index in [0.717, 1.165) is 30.1 Å². The third-order valence-electron chi connectivity index (χ3n) is 2.20. The van der Waals surface area contributed by atoms with Gasteiger partial charge < -0.3 is 0 Å². The van der Waals surface area contributed by atoms with Crippen molar-refractivity contribution in [2.45, 2.75) is 18.7 Å². The molecule has 0 amide bonds. The standard InChI is InChI=1S/C11H14N4S/c1-16-9-11-8-15(14-13-11)7-5-10-4-2-3-6-12-10/h2-4,6,8H,5,7,9H2,1H3. The van der Waals surface area contributed by atoms with Gasteiger partial charge in [-0.25, -0.2) is 0 Å². The average Bonchev–Trinajstić information content (AvgIpc) is 2.76. The van der Waals surface area contributed by atoms with Crippen molar-refractivity contribution in [2.75, 3.05) is 6.26 Å². The maximum Gasteiger partial charge on any atom is 0.0925 e. The average molecular weight is 234 g/mol. The summed E-state index contributed by atoms with van der Waals surface area (Å²) in [6.45, 7) is 0.832. The van der Waals surface area contributed by atoms with Gasteiger partial charge in [0.1, 0.15) is 0 Å². The first kappa shape index (κ1) is 11.1. The maximum atomic E-state index is 4.27. The van der Waals surface area contributed by atoms with Crippen molar-refractivity contribution in [3.05, 3.63) is 42.0 Å². The lowest BCUT2D eigenvalue weighted by Gasteiger charge is -1.99. The lowest BCUT2D eigenvalue weighted by Crippen LogP contribution is -2.03. The van der Waals surface area contributed by atoms with Gasteiger partial charge in [0.25, 0.3) is 0 Å². The number of pyridine rings is 1. The molecule has 0 aliphatic carbocycles. The molecule has 0 bridgehead atoms. The quantitative estimate of drug-likeness (QED) is 0.791. The Labute approximate surface area is 99.1 Å². The molecule has 0 saturated carbocycles. The van der Waals surface area contributed by atoms with Gasteiger partial charge in [0.05, 0.1) is 5.69 Å². The van der Waals surface area contributed by atoms with Gasteiger partial charge >= 0.3 is 0 Å². The number of hydrogen-bond donors (Lipinski definition) is 0. The first-order valence-electron chi connectivity index (χ1n) is 5.16. The summed E-state index contributed by atoms with van der Waals surface area (Å²) >= 11 is 1.75. The SMILES string of the molecule is CSCc1cn(CCc2ccccn2)nn1. The molecule has 0 aliphatic rings. The Balaban J connectivity index is 1.89. The summed E-state index contributed by atoms with van der Waals surface area (Å²) in [5.74, 6) is 0.920. The molecule has 0 radical (unpaired) electrons. The molecule has 5 heteroatoms. The van der Waals surface area contributed by atoms with Gasteiger partial charge in [-0.05, 0) is 18.4 Å². The van der Waals surface area contributed by atoms with E-state index in [4.69, 9.17) is 0 Å². The molecule has 84 valence electrons.